The lowest BCUT2D eigenvalue weighted by Crippen LogP contribution is -2.24. The Labute approximate surface area is 95.2 Å². The SMILES string of the molecule is CC(CCN)S(=O)(=O)CCc1cccs1. The Hall–Kier alpha value is -0.390. The quantitative estimate of drug-likeness (QED) is 0.827. The number of aryl methyl sites for hydroxylation is 1. The monoisotopic (exact) mass is 247 g/mol. The van der Waals surface area contributed by atoms with Crippen LogP contribution in [0.2, 0.25) is 0 Å². The standard InChI is InChI=1S/C10H17NO2S2/c1-9(4-6-11)15(12,13)8-5-10-3-2-7-14-10/h2-3,7,9H,4-6,8,11H2,1H3. The van der Waals surface area contributed by atoms with E-state index in [1.165, 1.54) is 0 Å². The highest BCUT2D eigenvalue weighted by Gasteiger charge is 2.19. The van der Waals surface area contributed by atoms with E-state index in [-0.39, 0.29) is 11.0 Å². The van der Waals surface area contributed by atoms with Gasteiger partial charge in [-0.1, -0.05) is 6.07 Å². The largest absolute Gasteiger partial charge is 0.330 e. The van der Waals surface area contributed by atoms with Gasteiger partial charge in [0.25, 0.3) is 0 Å². The zero-order chi connectivity index (χ0) is 11.3. The molecule has 0 spiro atoms. The first-order valence-electron chi connectivity index (χ1n) is 5.00. The van der Waals surface area contributed by atoms with E-state index in [2.05, 4.69) is 0 Å². The molecule has 2 N–H and O–H groups in total. The van der Waals surface area contributed by atoms with Gasteiger partial charge in [-0.3, -0.25) is 0 Å². The molecule has 1 aromatic rings. The predicted octanol–water partition coefficient (Wildman–Crippen LogP) is 1.44. The van der Waals surface area contributed by atoms with Crippen molar-refractivity contribution in [3.05, 3.63) is 22.4 Å². The number of hydrogen-bond donors (Lipinski definition) is 1. The lowest BCUT2D eigenvalue weighted by molar-refractivity contribution is 0.577. The van der Waals surface area contributed by atoms with Crippen molar-refractivity contribution >= 4 is 21.2 Å². The molecule has 1 atom stereocenters. The summed E-state index contributed by atoms with van der Waals surface area (Å²) in [5.74, 6) is 0.231. The van der Waals surface area contributed by atoms with E-state index in [9.17, 15) is 8.42 Å². The normalized spacial score (nSPS) is 14.0. The summed E-state index contributed by atoms with van der Waals surface area (Å²) in [6, 6.07) is 3.91. The first kappa shape index (κ1) is 12.7. The summed E-state index contributed by atoms with van der Waals surface area (Å²) in [7, 11) is -2.97. The number of nitrogens with two attached hydrogens (primary N) is 1. The van der Waals surface area contributed by atoms with Gasteiger partial charge in [-0.05, 0) is 37.8 Å². The van der Waals surface area contributed by atoms with Crippen molar-refractivity contribution in [2.45, 2.75) is 25.0 Å². The molecular formula is C10H17NO2S2. The molecule has 0 saturated heterocycles. The first-order chi connectivity index (χ1) is 7.06. The van der Waals surface area contributed by atoms with Gasteiger partial charge in [-0.25, -0.2) is 8.42 Å². The van der Waals surface area contributed by atoms with Crippen LogP contribution in [0.15, 0.2) is 17.5 Å². The minimum Gasteiger partial charge on any atom is -0.330 e. The molecule has 0 aliphatic rings. The summed E-state index contributed by atoms with van der Waals surface area (Å²) in [4.78, 5) is 1.12. The second-order valence-corrected chi connectivity index (χ2v) is 7.16. The highest BCUT2D eigenvalue weighted by atomic mass is 32.2. The molecule has 0 bridgehead atoms. The third kappa shape index (κ3) is 3.93. The predicted molar refractivity (Wildman–Crippen MR) is 64.9 cm³/mol. The van der Waals surface area contributed by atoms with E-state index in [1.807, 2.05) is 17.5 Å². The van der Waals surface area contributed by atoms with Crippen molar-refractivity contribution in [2.75, 3.05) is 12.3 Å². The van der Waals surface area contributed by atoms with Gasteiger partial charge in [0.05, 0.1) is 11.0 Å². The highest BCUT2D eigenvalue weighted by Crippen LogP contribution is 2.13. The molecule has 1 rings (SSSR count). The van der Waals surface area contributed by atoms with Crippen LogP contribution in [0.4, 0.5) is 0 Å². The van der Waals surface area contributed by atoms with Crippen LogP contribution in [-0.4, -0.2) is 26.0 Å². The molecule has 0 aliphatic heterocycles. The Morgan fingerprint density at radius 1 is 1.53 bits per heavy atom. The molecule has 1 unspecified atom stereocenters. The molecule has 3 nitrogen and oxygen atoms in total. The molecular weight excluding hydrogens is 230 g/mol. The summed E-state index contributed by atoms with van der Waals surface area (Å²) in [5.41, 5.74) is 5.35. The maximum absolute atomic E-state index is 11.8. The van der Waals surface area contributed by atoms with Crippen LogP contribution in [0, 0.1) is 0 Å². The second-order valence-electron chi connectivity index (χ2n) is 3.58. The van der Waals surface area contributed by atoms with Crippen LogP contribution in [0.3, 0.4) is 0 Å². The van der Waals surface area contributed by atoms with Gasteiger partial charge in [-0.2, -0.15) is 0 Å². The topological polar surface area (TPSA) is 60.2 Å². The van der Waals surface area contributed by atoms with Crippen LogP contribution in [0.5, 0.6) is 0 Å². The summed E-state index contributed by atoms with van der Waals surface area (Å²) in [6.45, 7) is 2.16. The van der Waals surface area contributed by atoms with E-state index in [1.54, 1.807) is 18.3 Å². The first-order valence-corrected chi connectivity index (χ1v) is 7.60. The Morgan fingerprint density at radius 2 is 2.27 bits per heavy atom. The molecule has 0 aromatic carbocycles. The van der Waals surface area contributed by atoms with Crippen LogP contribution < -0.4 is 5.73 Å². The maximum Gasteiger partial charge on any atom is 0.153 e. The minimum atomic E-state index is -2.97. The van der Waals surface area contributed by atoms with Crippen LogP contribution in [0.25, 0.3) is 0 Å². The van der Waals surface area contributed by atoms with E-state index >= 15 is 0 Å². The molecule has 0 fully saturated rings. The van der Waals surface area contributed by atoms with Crippen LogP contribution in [-0.2, 0) is 16.3 Å². The molecule has 1 aromatic heterocycles. The van der Waals surface area contributed by atoms with Crippen molar-refractivity contribution in [3.63, 3.8) is 0 Å². The summed E-state index contributed by atoms with van der Waals surface area (Å²) < 4.78 is 23.5. The fraction of sp³-hybridized carbons (Fsp3) is 0.600. The molecule has 15 heavy (non-hydrogen) atoms. The van der Waals surface area contributed by atoms with Crippen molar-refractivity contribution in [2.24, 2.45) is 5.73 Å². The molecule has 86 valence electrons. The third-order valence-corrected chi connectivity index (χ3v) is 5.57. The van der Waals surface area contributed by atoms with Gasteiger partial charge in [-0.15, -0.1) is 11.3 Å². The summed E-state index contributed by atoms with van der Waals surface area (Å²) in [5, 5.41) is 1.65. The number of thiophene rings is 1. The van der Waals surface area contributed by atoms with E-state index in [0.717, 1.165) is 4.88 Å². The summed E-state index contributed by atoms with van der Waals surface area (Å²) in [6.07, 6.45) is 1.17. The smallest absolute Gasteiger partial charge is 0.153 e. The van der Waals surface area contributed by atoms with Crippen molar-refractivity contribution in [1.82, 2.24) is 0 Å². The number of sulfone groups is 1. The molecule has 0 aliphatic carbocycles. The van der Waals surface area contributed by atoms with Gasteiger partial charge in [0, 0.05) is 4.88 Å². The van der Waals surface area contributed by atoms with Crippen LogP contribution in [0.1, 0.15) is 18.2 Å². The lowest BCUT2D eigenvalue weighted by atomic mass is 10.3. The fourth-order valence-corrected chi connectivity index (χ4v) is 3.55. The fourth-order valence-electron chi connectivity index (χ4n) is 1.31. The van der Waals surface area contributed by atoms with Crippen molar-refractivity contribution in [3.8, 4) is 0 Å². The van der Waals surface area contributed by atoms with Gasteiger partial charge in [0.15, 0.2) is 9.84 Å². The van der Waals surface area contributed by atoms with E-state index in [0.29, 0.717) is 19.4 Å². The maximum atomic E-state index is 11.8. The Morgan fingerprint density at radius 3 is 2.80 bits per heavy atom. The van der Waals surface area contributed by atoms with Gasteiger partial charge < -0.3 is 5.73 Å². The average Bonchev–Trinajstić information content (AvgIpc) is 2.68. The zero-order valence-corrected chi connectivity index (χ0v) is 10.5. The van der Waals surface area contributed by atoms with Crippen LogP contribution >= 0.6 is 11.3 Å². The molecule has 0 saturated carbocycles. The zero-order valence-electron chi connectivity index (χ0n) is 8.85. The minimum absolute atomic E-state index is 0.231. The second kappa shape index (κ2) is 5.63. The molecule has 5 heteroatoms. The number of rotatable bonds is 6. The Balaban J connectivity index is 2.50. The Kier molecular flexibility index (Phi) is 4.76. The molecule has 0 radical (unpaired) electrons. The van der Waals surface area contributed by atoms with Gasteiger partial charge in [0.1, 0.15) is 0 Å². The molecule has 0 amide bonds. The van der Waals surface area contributed by atoms with Gasteiger partial charge >= 0.3 is 0 Å². The van der Waals surface area contributed by atoms with E-state index < -0.39 is 9.84 Å². The van der Waals surface area contributed by atoms with E-state index in [4.69, 9.17) is 5.73 Å². The Bertz CT molecular complexity index is 370. The average molecular weight is 247 g/mol. The third-order valence-electron chi connectivity index (χ3n) is 2.40. The highest BCUT2D eigenvalue weighted by molar-refractivity contribution is 7.92. The molecule has 1 heterocycles. The van der Waals surface area contributed by atoms with Crippen molar-refractivity contribution < 1.29 is 8.42 Å². The van der Waals surface area contributed by atoms with Crippen molar-refractivity contribution in [1.29, 1.82) is 0 Å². The lowest BCUT2D eigenvalue weighted by Gasteiger charge is -2.10. The number of hydrogen-bond acceptors (Lipinski definition) is 4. The van der Waals surface area contributed by atoms with Gasteiger partial charge in [0.2, 0.25) is 0 Å². The summed E-state index contributed by atoms with van der Waals surface area (Å²) >= 11 is 1.60.